The number of fused-ring (bicyclic) bond motifs is 2. The van der Waals surface area contributed by atoms with Crippen molar-refractivity contribution in [2.75, 3.05) is 45.9 Å². The van der Waals surface area contributed by atoms with E-state index in [1.54, 1.807) is 4.90 Å². The molecule has 1 amide bonds. The topological polar surface area (TPSA) is 56.2 Å². The minimum Gasteiger partial charge on any atom is -0.491 e. The first-order chi connectivity index (χ1) is 15.6. The van der Waals surface area contributed by atoms with E-state index in [9.17, 15) is 9.90 Å². The minimum absolute atomic E-state index is 0.0603. The van der Waals surface area contributed by atoms with Gasteiger partial charge in [0, 0.05) is 32.7 Å². The zero-order chi connectivity index (χ0) is 22.5. The maximum absolute atomic E-state index is 13.2. The number of β-amino-alcohol motifs (C(OH)–C–C–N with tert-alkyl or cyclic N) is 1. The number of rotatable bonds is 8. The summed E-state index contributed by atoms with van der Waals surface area (Å²) in [7, 11) is 0. The van der Waals surface area contributed by atoms with E-state index in [1.807, 2.05) is 18.2 Å². The molecule has 0 saturated heterocycles. The van der Waals surface area contributed by atoms with Crippen LogP contribution < -0.4 is 4.74 Å². The molecular weight excluding hydrogens is 402 g/mol. The Morgan fingerprint density at radius 1 is 1.06 bits per heavy atom. The molecule has 0 aromatic heterocycles. The molecule has 172 valence electrons. The molecule has 2 aliphatic rings. The lowest BCUT2D eigenvalue weighted by atomic mass is 10.00. The van der Waals surface area contributed by atoms with Gasteiger partial charge in [0.25, 0.3) is 5.91 Å². The molecule has 32 heavy (non-hydrogen) atoms. The predicted molar refractivity (Wildman–Crippen MR) is 126 cm³/mol. The fraction of sp³-hybridized carbons (Fsp3) is 0.500. The van der Waals surface area contributed by atoms with E-state index in [1.165, 1.54) is 11.1 Å². The van der Waals surface area contributed by atoms with E-state index in [-0.39, 0.29) is 5.91 Å². The molecule has 6 heteroatoms. The summed E-state index contributed by atoms with van der Waals surface area (Å²) >= 11 is 0. The number of hydrogen-bond acceptors (Lipinski definition) is 5. The largest absolute Gasteiger partial charge is 0.491 e. The number of ether oxygens (including phenoxy) is 1. The SMILES string of the molecule is CCN(CC)Cc1ccc2c(c1)OCCN(CC(O)CN1CCc3ccccc3C1)C2=O. The molecule has 2 heterocycles. The fourth-order valence-corrected chi connectivity index (χ4v) is 4.70. The van der Waals surface area contributed by atoms with Crippen LogP contribution in [-0.4, -0.2) is 77.7 Å². The average Bonchev–Trinajstić information content (AvgIpc) is 2.95. The lowest BCUT2D eigenvalue weighted by molar-refractivity contribution is 0.0501. The van der Waals surface area contributed by atoms with Crippen molar-refractivity contribution in [2.24, 2.45) is 0 Å². The second kappa shape index (κ2) is 10.5. The summed E-state index contributed by atoms with van der Waals surface area (Å²) in [6, 6.07) is 14.4. The summed E-state index contributed by atoms with van der Waals surface area (Å²) in [6.45, 7) is 10.7. The number of aliphatic hydroxyl groups is 1. The maximum Gasteiger partial charge on any atom is 0.257 e. The smallest absolute Gasteiger partial charge is 0.257 e. The highest BCUT2D eigenvalue weighted by atomic mass is 16.5. The van der Waals surface area contributed by atoms with Crippen molar-refractivity contribution in [3.63, 3.8) is 0 Å². The molecule has 1 unspecified atom stereocenters. The van der Waals surface area contributed by atoms with Crippen molar-refractivity contribution in [1.82, 2.24) is 14.7 Å². The van der Waals surface area contributed by atoms with E-state index < -0.39 is 6.10 Å². The number of nitrogens with zero attached hydrogens (tertiary/aromatic N) is 3. The molecule has 0 bridgehead atoms. The van der Waals surface area contributed by atoms with Gasteiger partial charge < -0.3 is 14.7 Å². The highest BCUT2D eigenvalue weighted by molar-refractivity contribution is 5.97. The summed E-state index contributed by atoms with van der Waals surface area (Å²) in [5, 5.41) is 10.8. The molecule has 0 fully saturated rings. The van der Waals surface area contributed by atoms with E-state index in [0.29, 0.717) is 37.6 Å². The summed E-state index contributed by atoms with van der Waals surface area (Å²) in [5.74, 6) is 0.596. The third-order valence-corrected chi connectivity index (χ3v) is 6.59. The van der Waals surface area contributed by atoms with Gasteiger partial charge in [-0.15, -0.1) is 0 Å². The summed E-state index contributed by atoms with van der Waals surface area (Å²) < 4.78 is 5.94. The molecule has 0 aliphatic carbocycles. The van der Waals surface area contributed by atoms with Crippen molar-refractivity contribution in [2.45, 2.75) is 39.5 Å². The standard InChI is InChI=1S/C26H35N3O3/c1-3-27(4-2)16-20-9-10-24-25(15-20)32-14-13-29(26(24)31)19-23(30)18-28-12-11-21-7-5-6-8-22(21)17-28/h5-10,15,23,30H,3-4,11-14,16-19H2,1-2H3. The summed E-state index contributed by atoms with van der Waals surface area (Å²) in [6.07, 6.45) is 0.412. The molecule has 0 radical (unpaired) electrons. The third-order valence-electron chi connectivity index (χ3n) is 6.59. The molecule has 2 aromatic carbocycles. The highest BCUT2D eigenvalue weighted by Gasteiger charge is 2.27. The van der Waals surface area contributed by atoms with E-state index in [4.69, 9.17) is 4.74 Å². The van der Waals surface area contributed by atoms with E-state index in [0.717, 1.165) is 44.7 Å². The first kappa shape index (κ1) is 22.8. The quantitative estimate of drug-likeness (QED) is 0.688. The van der Waals surface area contributed by atoms with E-state index >= 15 is 0 Å². The molecule has 0 spiro atoms. The van der Waals surface area contributed by atoms with Gasteiger partial charge in [-0.2, -0.15) is 0 Å². The monoisotopic (exact) mass is 437 g/mol. The van der Waals surface area contributed by atoms with Crippen LogP contribution in [0.5, 0.6) is 5.75 Å². The number of carbonyl (C=O) groups excluding carboxylic acids is 1. The molecule has 2 aromatic rings. The lowest BCUT2D eigenvalue weighted by Crippen LogP contribution is -2.44. The summed E-state index contributed by atoms with van der Waals surface area (Å²) in [4.78, 5) is 19.5. The number of benzene rings is 2. The normalized spacial score (nSPS) is 17.5. The fourth-order valence-electron chi connectivity index (χ4n) is 4.70. The molecule has 6 nitrogen and oxygen atoms in total. The second-order valence-electron chi connectivity index (χ2n) is 8.80. The van der Waals surface area contributed by atoms with Gasteiger partial charge in [0.1, 0.15) is 12.4 Å². The predicted octanol–water partition coefficient (Wildman–Crippen LogP) is 2.78. The van der Waals surface area contributed by atoms with Gasteiger partial charge in [-0.1, -0.05) is 44.2 Å². The van der Waals surface area contributed by atoms with Crippen molar-refractivity contribution >= 4 is 5.91 Å². The van der Waals surface area contributed by atoms with E-state index in [2.05, 4.69) is 47.9 Å². The van der Waals surface area contributed by atoms with Crippen LogP contribution in [0.25, 0.3) is 0 Å². The van der Waals surface area contributed by atoms with Crippen LogP contribution in [0.1, 0.15) is 40.9 Å². The Morgan fingerprint density at radius 2 is 1.84 bits per heavy atom. The van der Waals surface area contributed by atoms with Crippen LogP contribution in [-0.2, 0) is 19.5 Å². The van der Waals surface area contributed by atoms with Gasteiger partial charge in [0.2, 0.25) is 0 Å². The average molecular weight is 438 g/mol. The van der Waals surface area contributed by atoms with Crippen LogP contribution in [0.4, 0.5) is 0 Å². The Hall–Kier alpha value is -2.41. The summed E-state index contributed by atoms with van der Waals surface area (Å²) in [5.41, 5.74) is 4.47. The van der Waals surface area contributed by atoms with Crippen molar-refractivity contribution in [3.05, 3.63) is 64.7 Å². The molecular formula is C26H35N3O3. The highest BCUT2D eigenvalue weighted by Crippen LogP contribution is 2.26. The number of aliphatic hydroxyl groups excluding tert-OH is 1. The Balaban J connectivity index is 1.37. The van der Waals surface area contributed by atoms with Gasteiger partial charge in [0.15, 0.2) is 0 Å². The van der Waals surface area contributed by atoms with Gasteiger partial charge in [0.05, 0.1) is 18.2 Å². The van der Waals surface area contributed by atoms with Gasteiger partial charge in [-0.25, -0.2) is 0 Å². The van der Waals surface area contributed by atoms with Crippen molar-refractivity contribution in [1.29, 1.82) is 0 Å². The van der Waals surface area contributed by atoms with Crippen LogP contribution in [0, 0.1) is 0 Å². The van der Waals surface area contributed by atoms with Crippen LogP contribution in [0.2, 0.25) is 0 Å². The lowest BCUT2D eigenvalue weighted by Gasteiger charge is -2.32. The van der Waals surface area contributed by atoms with Crippen molar-refractivity contribution < 1.29 is 14.6 Å². The second-order valence-corrected chi connectivity index (χ2v) is 8.80. The number of amides is 1. The zero-order valence-electron chi connectivity index (χ0n) is 19.3. The Bertz CT molecular complexity index is 928. The molecule has 2 aliphatic heterocycles. The number of hydrogen-bond donors (Lipinski definition) is 1. The molecule has 1 atom stereocenters. The van der Waals surface area contributed by atoms with Crippen LogP contribution in [0.15, 0.2) is 42.5 Å². The Kier molecular flexibility index (Phi) is 7.45. The minimum atomic E-state index is -0.590. The zero-order valence-corrected chi connectivity index (χ0v) is 19.3. The van der Waals surface area contributed by atoms with Gasteiger partial charge >= 0.3 is 0 Å². The Labute approximate surface area is 191 Å². The van der Waals surface area contributed by atoms with Crippen LogP contribution in [0.3, 0.4) is 0 Å². The number of carbonyl (C=O) groups is 1. The maximum atomic E-state index is 13.2. The van der Waals surface area contributed by atoms with Crippen LogP contribution >= 0.6 is 0 Å². The molecule has 1 N–H and O–H groups in total. The third kappa shape index (κ3) is 5.31. The van der Waals surface area contributed by atoms with Gasteiger partial charge in [-0.3, -0.25) is 14.6 Å². The van der Waals surface area contributed by atoms with Crippen molar-refractivity contribution in [3.8, 4) is 5.75 Å². The van der Waals surface area contributed by atoms with Gasteiger partial charge in [-0.05, 0) is 48.3 Å². The first-order valence-electron chi connectivity index (χ1n) is 11.8. The first-order valence-corrected chi connectivity index (χ1v) is 11.8. The Morgan fingerprint density at radius 3 is 2.62 bits per heavy atom. The molecule has 4 rings (SSSR count). The molecule has 0 saturated carbocycles.